The van der Waals surface area contributed by atoms with E-state index >= 15 is 0 Å². The molecule has 0 aromatic carbocycles. The Hall–Kier alpha value is -2.74. The summed E-state index contributed by atoms with van der Waals surface area (Å²) in [6.07, 6.45) is 2.88. The highest BCUT2D eigenvalue weighted by atomic mass is 19.1. The number of primary amides is 1. The first-order valence-corrected chi connectivity index (χ1v) is 9.51. The zero-order valence-electron chi connectivity index (χ0n) is 16.8. The van der Waals surface area contributed by atoms with Gasteiger partial charge in [-0.05, 0) is 44.9 Å². The number of aliphatic imine (C=N–C) groups is 1. The highest BCUT2D eigenvalue weighted by Gasteiger charge is 2.22. The molecule has 152 valence electrons. The molecule has 1 unspecified atom stereocenters. The number of amidine groups is 1. The second kappa shape index (κ2) is 9.45. The Morgan fingerprint density at radius 1 is 1.32 bits per heavy atom. The van der Waals surface area contributed by atoms with Gasteiger partial charge in [-0.1, -0.05) is 13.8 Å². The summed E-state index contributed by atoms with van der Waals surface area (Å²) >= 11 is 0. The largest absolute Gasteiger partial charge is 0.366 e. The fourth-order valence-electron chi connectivity index (χ4n) is 2.62. The van der Waals surface area contributed by atoms with Crippen LogP contribution in [0.25, 0.3) is 0 Å². The number of nitrogens with zero attached hydrogens (tertiary/aromatic N) is 2. The molecular formula is C20H29FN6O. The molecule has 0 saturated heterocycles. The van der Waals surface area contributed by atoms with E-state index in [9.17, 15) is 9.18 Å². The average Bonchev–Trinajstić information content (AvgIpc) is 2.80. The van der Waals surface area contributed by atoms with Crippen LogP contribution in [-0.4, -0.2) is 28.8 Å². The Balaban J connectivity index is 2.45. The van der Waals surface area contributed by atoms with Crippen molar-refractivity contribution >= 4 is 17.4 Å². The maximum atomic E-state index is 14.5. The molecule has 7 nitrogen and oxygen atoms in total. The van der Waals surface area contributed by atoms with Gasteiger partial charge in [0, 0.05) is 29.5 Å². The lowest BCUT2D eigenvalue weighted by Crippen LogP contribution is -2.34. The van der Waals surface area contributed by atoms with Crippen LogP contribution >= 0.6 is 0 Å². The van der Waals surface area contributed by atoms with Crippen LogP contribution in [0, 0.1) is 0 Å². The molecule has 0 fully saturated rings. The lowest BCUT2D eigenvalue weighted by atomic mass is 10.1. The monoisotopic (exact) mass is 388 g/mol. The summed E-state index contributed by atoms with van der Waals surface area (Å²) in [5, 5.41) is 6.08. The summed E-state index contributed by atoms with van der Waals surface area (Å²) in [5.41, 5.74) is 14.2. The van der Waals surface area contributed by atoms with E-state index in [1.165, 1.54) is 6.08 Å². The van der Waals surface area contributed by atoms with Crippen LogP contribution in [0.2, 0.25) is 0 Å². The number of rotatable bonds is 7. The van der Waals surface area contributed by atoms with Crippen molar-refractivity contribution in [3.05, 3.63) is 46.8 Å². The van der Waals surface area contributed by atoms with Gasteiger partial charge in [-0.2, -0.15) is 0 Å². The van der Waals surface area contributed by atoms with Crippen LogP contribution in [0.5, 0.6) is 0 Å². The Morgan fingerprint density at radius 2 is 1.93 bits per heavy atom. The second-order valence-electron chi connectivity index (χ2n) is 6.85. The van der Waals surface area contributed by atoms with E-state index in [4.69, 9.17) is 11.5 Å². The topological polar surface area (TPSA) is 118 Å². The number of aryl methyl sites for hydroxylation is 2. The van der Waals surface area contributed by atoms with Crippen molar-refractivity contribution in [1.82, 2.24) is 10.3 Å². The van der Waals surface area contributed by atoms with Gasteiger partial charge in [0.05, 0.1) is 11.6 Å². The molecule has 1 aliphatic heterocycles. The van der Waals surface area contributed by atoms with Gasteiger partial charge >= 0.3 is 0 Å². The van der Waals surface area contributed by atoms with E-state index in [0.717, 1.165) is 29.9 Å². The zero-order valence-corrected chi connectivity index (χ0v) is 16.8. The van der Waals surface area contributed by atoms with Crippen molar-refractivity contribution in [2.75, 3.05) is 5.32 Å². The predicted molar refractivity (Wildman–Crippen MR) is 110 cm³/mol. The van der Waals surface area contributed by atoms with E-state index in [1.807, 2.05) is 26.0 Å². The number of hydrogen-bond acceptors (Lipinski definition) is 5. The highest BCUT2D eigenvalue weighted by molar-refractivity contribution is 6.01. The van der Waals surface area contributed by atoms with Gasteiger partial charge < -0.3 is 22.1 Å². The SMILES string of the molecule is CCc1cc(NC2=C(C(N)=O)CC=C(F)C(=NC(C)[C@H](C)N)N2)cc(CC)n1. The predicted octanol–water partition coefficient (Wildman–Crippen LogP) is 2.30. The number of anilines is 1. The number of carbonyl (C=O) groups is 1. The van der Waals surface area contributed by atoms with Crippen LogP contribution in [0.15, 0.2) is 40.4 Å². The normalized spacial score (nSPS) is 18.2. The fraction of sp³-hybridized carbons (Fsp3) is 0.450. The van der Waals surface area contributed by atoms with Crippen LogP contribution in [0.1, 0.15) is 45.5 Å². The molecule has 28 heavy (non-hydrogen) atoms. The minimum Gasteiger partial charge on any atom is -0.366 e. The second-order valence-corrected chi connectivity index (χ2v) is 6.85. The molecule has 0 spiro atoms. The third kappa shape index (κ3) is 5.39. The minimum absolute atomic E-state index is 0.0176. The molecule has 1 aromatic rings. The van der Waals surface area contributed by atoms with Crippen molar-refractivity contribution in [2.45, 2.75) is 59.0 Å². The molecule has 0 aliphatic carbocycles. The molecule has 8 heteroatoms. The lowest BCUT2D eigenvalue weighted by Gasteiger charge is -2.18. The molecule has 1 amide bonds. The maximum absolute atomic E-state index is 14.5. The number of hydrogen-bond donors (Lipinski definition) is 4. The molecule has 2 heterocycles. The molecule has 0 saturated carbocycles. The molecule has 2 atom stereocenters. The number of aromatic nitrogens is 1. The van der Waals surface area contributed by atoms with Crippen LogP contribution in [0.3, 0.4) is 0 Å². The number of nitrogens with one attached hydrogen (secondary N) is 2. The molecule has 1 aromatic heterocycles. The van der Waals surface area contributed by atoms with Gasteiger partial charge in [-0.3, -0.25) is 14.8 Å². The van der Waals surface area contributed by atoms with Gasteiger partial charge in [0.25, 0.3) is 0 Å². The van der Waals surface area contributed by atoms with Crippen molar-refractivity contribution < 1.29 is 9.18 Å². The van der Waals surface area contributed by atoms with E-state index in [1.54, 1.807) is 13.8 Å². The first-order valence-electron chi connectivity index (χ1n) is 9.51. The molecular weight excluding hydrogens is 359 g/mol. The summed E-state index contributed by atoms with van der Waals surface area (Å²) in [5.74, 6) is -0.867. The molecule has 1 aliphatic rings. The number of amides is 1. The quantitative estimate of drug-likeness (QED) is 0.571. The summed E-state index contributed by atoms with van der Waals surface area (Å²) in [6, 6.07) is 3.23. The third-order valence-electron chi connectivity index (χ3n) is 4.57. The number of nitrogens with two attached hydrogens (primary N) is 2. The van der Waals surface area contributed by atoms with E-state index < -0.39 is 11.7 Å². The Morgan fingerprint density at radius 3 is 2.43 bits per heavy atom. The van der Waals surface area contributed by atoms with Crippen molar-refractivity contribution in [1.29, 1.82) is 0 Å². The van der Waals surface area contributed by atoms with Gasteiger partial charge in [0.2, 0.25) is 5.91 Å². The average molecular weight is 388 g/mol. The van der Waals surface area contributed by atoms with Gasteiger partial charge in [-0.25, -0.2) is 4.39 Å². The van der Waals surface area contributed by atoms with Crippen LogP contribution < -0.4 is 22.1 Å². The Labute approximate surface area is 165 Å². The Bertz CT molecular complexity index is 806. The van der Waals surface area contributed by atoms with E-state index in [2.05, 4.69) is 20.6 Å². The lowest BCUT2D eigenvalue weighted by molar-refractivity contribution is -0.114. The maximum Gasteiger partial charge on any atom is 0.248 e. The van der Waals surface area contributed by atoms with Crippen LogP contribution in [-0.2, 0) is 17.6 Å². The fourth-order valence-corrected chi connectivity index (χ4v) is 2.62. The Kier molecular flexibility index (Phi) is 7.28. The number of allylic oxidation sites excluding steroid dienone is 1. The molecule has 6 N–H and O–H groups in total. The van der Waals surface area contributed by atoms with Gasteiger partial charge in [0.1, 0.15) is 5.82 Å². The standard InChI is InChI=1S/C20H29FN6O/c1-5-13-9-15(10-14(6-2)25-13)26-19-16(18(23)28)7-8-17(21)20(27-19)24-12(4)11(3)22/h8-12H,5-7,22H2,1-4H3,(H2,23,28)(H,24,27)(H,25,26)/t11-,12?/m0/s1. The van der Waals surface area contributed by atoms with Crippen molar-refractivity contribution in [3.8, 4) is 0 Å². The van der Waals surface area contributed by atoms with Gasteiger partial charge in [0.15, 0.2) is 11.7 Å². The van der Waals surface area contributed by atoms with Crippen molar-refractivity contribution in [3.63, 3.8) is 0 Å². The third-order valence-corrected chi connectivity index (χ3v) is 4.57. The van der Waals surface area contributed by atoms with Crippen LogP contribution in [0.4, 0.5) is 10.1 Å². The van der Waals surface area contributed by atoms with E-state index in [0.29, 0.717) is 5.82 Å². The number of carbonyl (C=O) groups excluding carboxylic acids is 1. The highest BCUT2D eigenvalue weighted by Crippen LogP contribution is 2.21. The summed E-state index contributed by atoms with van der Waals surface area (Å²) < 4.78 is 14.5. The minimum atomic E-state index is -0.638. The first kappa shape index (κ1) is 21.6. The molecule has 2 rings (SSSR count). The summed E-state index contributed by atoms with van der Waals surface area (Å²) in [4.78, 5) is 20.8. The first-order chi connectivity index (χ1) is 13.2. The zero-order chi connectivity index (χ0) is 20.8. The number of halogens is 1. The van der Waals surface area contributed by atoms with Gasteiger partial charge in [-0.15, -0.1) is 0 Å². The number of pyridine rings is 1. The molecule has 0 radical (unpaired) electrons. The van der Waals surface area contributed by atoms with E-state index in [-0.39, 0.29) is 29.9 Å². The van der Waals surface area contributed by atoms with Crippen molar-refractivity contribution in [2.24, 2.45) is 16.5 Å². The smallest absolute Gasteiger partial charge is 0.248 e. The summed E-state index contributed by atoms with van der Waals surface area (Å²) in [6.45, 7) is 7.63. The molecule has 0 bridgehead atoms. The summed E-state index contributed by atoms with van der Waals surface area (Å²) in [7, 11) is 0.